The third-order valence-corrected chi connectivity index (χ3v) is 5.92. The summed E-state index contributed by atoms with van der Waals surface area (Å²) in [5.74, 6) is 0.745. The lowest BCUT2D eigenvalue weighted by atomic mass is 10.1. The summed E-state index contributed by atoms with van der Waals surface area (Å²) in [6.07, 6.45) is 0. The van der Waals surface area contributed by atoms with Crippen LogP contribution in [0.25, 0.3) is 11.1 Å². The van der Waals surface area contributed by atoms with Gasteiger partial charge in [0.25, 0.3) is 0 Å². The van der Waals surface area contributed by atoms with E-state index in [1.54, 1.807) is 0 Å². The van der Waals surface area contributed by atoms with Crippen molar-refractivity contribution < 1.29 is 9.53 Å². The summed E-state index contributed by atoms with van der Waals surface area (Å²) in [7, 11) is 0. The third kappa shape index (κ3) is 6.33. The number of para-hydroxylation sites is 1. The summed E-state index contributed by atoms with van der Waals surface area (Å²) in [6.45, 7) is 5.43. The second kappa shape index (κ2) is 11.1. The lowest BCUT2D eigenvalue weighted by Gasteiger charge is -2.34. The van der Waals surface area contributed by atoms with Gasteiger partial charge in [0, 0.05) is 38.4 Å². The van der Waals surface area contributed by atoms with Crippen molar-refractivity contribution in [3.8, 4) is 16.9 Å². The van der Waals surface area contributed by atoms with E-state index < -0.39 is 0 Å². The molecule has 0 spiro atoms. The fourth-order valence-electron chi connectivity index (χ4n) is 3.80. The van der Waals surface area contributed by atoms with E-state index in [-0.39, 0.29) is 5.91 Å². The van der Waals surface area contributed by atoms with E-state index in [4.69, 9.17) is 16.3 Å². The van der Waals surface area contributed by atoms with Gasteiger partial charge in [-0.25, -0.2) is 0 Å². The molecular formula is C26H28ClN3O2. The molecule has 0 saturated carbocycles. The maximum Gasteiger partial charge on any atom is 0.238 e. The smallest absolute Gasteiger partial charge is 0.238 e. The highest BCUT2D eigenvalue weighted by molar-refractivity contribution is 6.32. The average Bonchev–Trinajstić information content (AvgIpc) is 2.82. The van der Waals surface area contributed by atoms with Gasteiger partial charge in [-0.3, -0.25) is 14.6 Å². The van der Waals surface area contributed by atoms with Crippen LogP contribution in [0.3, 0.4) is 0 Å². The van der Waals surface area contributed by atoms with Crippen LogP contribution in [0, 0.1) is 0 Å². The first-order chi connectivity index (χ1) is 15.7. The maximum absolute atomic E-state index is 12.5. The molecule has 0 aromatic heterocycles. The molecule has 4 rings (SSSR count). The first kappa shape index (κ1) is 22.3. The van der Waals surface area contributed by atoms with Crippen molar-refractivity contribution in [2.75, 3.05) is 51.2 Å². The number of anilines is 1. The number of amides is 1. The Kier molecular flexibility index (Phi) is 7.77. The summed E-state index contributed by atoms with van der Waals surface area (Å²) in [4.78, 5) is 17.0. The molecule has 0 atom stereocenters. The molecule has 1 amide bonds. The van der Waals surface area contributed by atoms with Gasteiger partial charge in [-0.15, -0.1) is 0 Å². The van der Waals surface area contributed by atoms with Gasteiger partial charge in [0.05, 0.1) is 11.6 Å². The third-order valence-electron chi connectivity index (χ3n) is 5.61. The number of nitrogens with zero attached hydrogens (tertiary/aromatic N) is 2. The van der Waals surface area contributed by atoms with Crippen molar-refractivity contribution in [1.82, 2.24) is 9.80 Å². The minimum atomic E-state index is 0.0213. The molecule has 32 heavy (non-hydrogen) atoms. The number of carbonyl (C=O) groups excluding carboxylic acids is 1. The molecule has 166 valence electrons. The molecule has 0 bridgehead atoms. The number of piperazine rings is 1. The molecule has 1 fully saturated rings. The first-order valence-corrected chi connectivity index (χ1v) is 11.3. The fraction of sp³-hybridized carbons (Fsp3) is 0.269. The van der Waals surface area contributed by atoms with Gasteiger partial charge in [-0.2, -0.15) is 0 Å². The van der Waals surface area contributed by atoms with Crippen molar-refractivity contribution in [2.24, 2.45) is 0 Å². The Morgan fingerprint density at radius 1 is 0.812 bits per heavy atom. The molecule has 1 aliphatic rings. The highest BCUT2D eigenvalue weighted by atomic mass is 35.5. The van der Waals surface area contributed by atoms with Crippen LogP contribution in [0.5, 0.6) is 5.75 Å². The normalized spacial score (nSPS) is 14.8. The number of rotatable bonds is 8. The molecule has 1 saturated heterocycles. The first-order valence-electron chi connectivity index (χ1n) is 10.9. The quantitative estimate of drug-likeness (QED) is 0.544. The predicted molar refractivity (Wildman–Crippen MR) is 130 cm³/mol. The zero-order valence-corrected chi connectivity index (χ0v) is 18.8. The molecule has 1 N–H and O–H groups in total. The van der Waals surface area contributed by atoms with E-state index in [1.165, 1.54) is 5.56 Å². The van der Waals surface area contributed by atoms with Gasteiger partial charge in [-0.05, 0) is 35.4 Å². The van der Waals surface area contributed by atoms with E-state index in [0.717, 1.165) is 49.7 Å². The van der Waals surface area contributed by atoms with Crippen LogP contribution in [0.15, 0.2) is 78.9 Å². The standard InChI is InChI=1S/C26H28ClN3O2/c27-24-8-4-5-9-25(24)32-19-18-29-14-16-30(17-15-29)20-26(31)28-23-12-10-22(11-13-23)21-6-2-1-3-7-21/h1-13H,14-20H2,(H,28,31). The van der Waals surface area contributed by atoms with E-state index in [9.17, 15) is 4.79 Å². The SMILES string of the molecule is O=C(CN1CCN(CCOc2ccccc2Cl)CC1)Nc1ccc(-c2ccccc2)cc1. The maximum atomic E-state index is 12.5. The number of ether oxygens (including phenoxy) is 1. The van der Waals surface area contributed by atoms with E-state index >= 15 is 0 Å². The van der Waals surface area contributed by atoms with Gasteiger partial charge in [0.2, 0.25) is 5.91 Å². The number of hydrogen-bond acceptors (Lipinski definition) is 4. The van der Waals surface area contributed by atoms with Crippen LogP contribution >= 0.6 is 11.6 Å². The van der Waals surface area contributed by atoms with Gasteiger partial charge in [0.15, 0.2) is 0 Å². The second-order valence-electron chi connectivity index (χ2n) is 7.89. The highest BCUT2D eigenvalue weighted by Gasteiger charge is 2.19. The summed E-state index contributed by atoms with van der Waals surface area (Å²) in [5.41, 5.74) is 3.13. The number of halogens is 1. The summed E-state index contributed by atoms with van der Waals surface area (Å²) in [5, 5.41) is 3.65. The zero-order chi connectivity index (χ0) is 22.2. The van der Waals surface area contributed by atoms with Crippen molar-refractivity contribution in [3.63, 3.8) is 0 Å². The zero-order valence-electron chi connectivity index (χ0n) is 18.0. The molecule has 0 aliphatic carbocycles. The lowest BCUT2D eigenvalue weighted by molar-refractivity contribution is -0.117. The van der Waals surface area contributed by atoms with E-state index in [1.807, 2.05) is 66.7 Å². The number of hydrogen-bond donors (Lipinski definition) is 1. The minimum Gasteiger partial charge on any atom is -0.491 e. The highest BCUT2D eigenvalue weighted by Crippen LogP contribution is 2.23. The molecule has 1 heterocycles. The van der Waals surface area contributed by atoms with E-state index in [2.05, 4.69) is 27.2 Å². The second-order valence-corrected chi connectivity index (χ2v) is 8.30. The average molecular weight is 450 g/mol. The van der Waals surface area contributed by atoms with Crippen LogP contribution in [0.2, 0.25) is 5.02 Å². The molecule has 3 aromatic rings. The number of carbonyl (C=O) groups is 1. The van der Waals surface area contributed by atoms with Crippen molar-refractivity contribution in [2.45, 2.75) is 0 Å². The minimum absolute atomic E-state index is 0.0213. The van der Waals surface area contributed by atoms with Crippen LogP contribution < -0.4 is 10.1 Å². The molecule has 5 nitrogen and oxygen atoms in total. The van der Waals surface area contributed by atoms with Crippen LogP contribution in [0.4, 0.5) is 5.69 Å². The van der Waals surface area contributed by atoms with Crippen molar-refractivity contribution in [1.29, 1.82) is 0 Å². The van der Waals surface area contributed by atoms with E-state index in [0.29, 0.717) is 18.2 Å². The Morgan fingerprint density at radius 2 is 1.44 bits per heavy atom. The molecule has 6 heteroatoms. The largest absolute Gasteiger partial charge is 0.491 e. The van der Waals surface area contributed by atoms with Gasteiger partial charge < -0.3 is 10.1 Å². The Labute approximate surface area is 194 Å². The monoisotopic (exact) mass is 449 g/mol. The summed E-state index contributed by atoms with van der Waals surface area (Å²) in [6, 6.07) is 25.7. The molecule has 0 unspecified atom stereocenters. The van der Waals surface area contributed by atoms with Crippen LogP contribution in [-0.2, 0) is 4.79 Å². The van der Waals surface area contributed by atoms with Gasteiger partial charge >= 0.3 is 0 Å². The number of nitrogens with one attached hydrogen (secondary N) is 1. The molecule has 0 radical (unpaired) electrons. The Morgan fingerprint density at radius 3 is 2.16 bits per heavy atom. The molecule has 3 aromatic carbocycles. The van der Waals surface area contributed by atoms with Gasteiger partial charge in [-0.1, -0.05) is 66.2 Å². The molecule has 1 aliphatic heterocycles. The van der Waals surface area contributed by atoms with Crippen molar-refractivity contribution >= 4 is 23.2 Å². The predicted octanol–water partition coefficient (Wildman–Crippen LogP) is 4.64. The Bertz CT molecular complexity index is 1000. The summed E-state index contributed by atoms with van der Waals surface area (Å²) < 4.78 is 5.78. The van der Waals surface area contributed by atoms with Crippen LogP contribution in [0.1, 0.15) is 0 Å². The Hall–Kier alpha value is -2.86. The van der Waals surface area contributed by atoms with Crippen LogP contribution in [-0.4, -0.2) is 61.6 Å². The topological polar surface area (TPSA) is 44.8 Å². The fourth-order valence-corrected chi connectivity index (χ4v) is 3.99. The molecular weight excluding hydrogens is 422 g/mol. The summed E-state index contributed by atoms with van der Waals surface area (Å²) >= 11 is 6.12. The Balaban J connectivity index is 1.16. The van der Waals surface area contributed by atoms with Gasteiger partial charge in [0.1, 0.15) is 12.4 Å². The lowest BCUT2D eigenvalue weighted by Crippen LogP contribution is -2.49. The van der Waals surface area contributed by atoms with Crippen molar-refractivity contribution in [3.05, 3.63) is 83.9 Å². The number of benzene rings is 3.